The number of rotatable bonds is 5. The van der Waals surface area contributed by atoms with E-state index in [0.29, 0.717) is 18.6 Å². The van der Waals surface area contributed by atoms with Crippen molar-refractivity contribution < 1.29 is 0 Å². The van der Waals surface area contributed by atoms with Crippen LogP contribution in [0.2, 0.25) is 0 Å². The van der Waals surface area contributed by atoms with Gasteiger partial charge in [-0.3, -0.25) is 4.90 Å². The first-order valence-corrected chi connectivity index (χ1v) is 8.54. The summed E-state index contributed by atoms with van der Waals surface area (Å²) in [7, 11) is 2.25. The Hall–Kier alpha value is -0.510. The molecular weight excluding hydrogens is 252 g/mol. The second kappa shape index (κ2) is 5.86. The monoisotopic (exact) mass is 276 g/mol. The fraction of sp³-hybridized carbons (Fsp3) is 0.625. The highest BCUT2D eigenvalue weighted by molar-refractivity contribution is 7.99. The van der Waals surface area contributed by atoms with Gasteiger partial charge in [-0.1, -0.05) is 24.3 Å². The van der Waals surface area contributed by atoms with Gasteiger partial charge in [-0.2, -0.15) is 11.8 Å². The summed E-state index contributed by atoms with van der Waals surface area (Å²) in [6.07, 6.45) is 4.04. The third-order valence-corrected chi connectivity index (χ3v) is 5.69. The lowest BCUT2D eigenvalue weighted by molar-refractivity contribution is 0.193. The third kappa shape index (κ3) is 2.99. The maximum absolute atomic E-state index is 6.07. The Bertz CT molecular complexity index is 425. The molecular formula is C16H24N2S. The first-order chi connectivity index (χ1) is 9.29. The Morgan fingerprint density at radius 2 is 2.21 bits per heavy atom. The van der Waals surface area contributed by atoms with Crippen molar-refractivity contribution in [2.24, 2.45) is 5.73 Å². The second-order valence-corrected chi connectivity index (χ2v) is 7.03. The number of hydrogen-bond donors (Lipinski definition) is 1. The van der Waals surface area contributed by atoms with Gasteiger partial charge in [0, 0.05) is 24.4 Å². The lowest BCUT2D eigenvalue weighted by Gasteiger charge is -2.32. The van der Waals surface area contributed by atoms with Crippen LogP contribution in [0.15, 0.2) is 24.3 Å². The average Bonchev–Trinajstić information content (AvgIpc) is 3.15. The van der Waals surface area contributed by atoms with Crippen LogP contribution in [-0.2, 0) is 0 Å². The number of benzene rings is 1. The Balaban J connectivity index is 1.78. The van der Waals surface area contributed by atoms with Gasteiger partial charge in [0.2, 0.25) is 0 Å². The molecule has 0 spiro atoms. The van der Waals surface area contributed by atoms with E-state index in [1.54, 1.807) is 0 Å². The van der Waals surface area contributed by atoms with Gasteiger partial charge in [-0.05, 0) is 49.1 Å². The minimum atomic E-state index is 0.377. The number of nitrogens with two attached hydrogens (primary N) is 1. The van der Waals surface area contributed by atoms with E-state index in [2.05, 4.69) is 48.0 Å². The first kappa shape index (κ1) is 13.5. The van der Waals surface area contributed by atoms with Crippen LogP contribution < -0.4 is 5.73 Å². The van der Waals surface area contributed by atoms with Crippen molar-refractivity contribution >= 4 is 11.8 Å². The Morgan fingerprint density at radius 3 is 2.84 bits per heavy atom. The highest BCUT2D eigenvalue weighted by Crippen LogP contribution is 2.41. The van der Waals surface area contributed by atoms with Crippen molar-refractivity contribution in [1.29, 1.82) is 0 Å². The molecule has 0 radical (unpaired) electrons. The van der Waals surface area contributed by atoms with Gasteiger partial charge in [0.15, 0.2) is 0 Å². The molecule has 0 bridgehead atoms. The first-order valence-electron chi connectivity index (χ1n) is 7.39. The largest absolute Gasteiger partial charge is 0.329 e. The van der Waals surface area contributed by atoms with Crippen molar-refractivity contribution in [2.75, 3.05) is 25.1 Å². The van der Waals surface area contributed by atoms with E-state index in [-0.39, 0.29) is 0 Å². The molecule has 2 nitrogen and oxygen atoms in total. The molecule has 2 aliphatic rings. The van der Waals surface area contributed by atoms with Gasteiger partial charge in [0.1, 0.15) is 0 Å². The fourth-order valence-corrected chi connectivity index (χ4v) is 4.35. The van der Waals surface area contributed by atoms with E-state index in [9.17, 15) is 0 Å². The van der Waals surface area contributed by atoms with E-state index in [1.807, 2.05) is 0 Å². The van der Waals surface area contributed by atoms with E-state index < -0.39 is 0 Å². The summed E-state index contributed by atoms with van der Waals surface area (Å²) in [5.74, 6) is 3.38. The van der Waals surface area contributed by atoms with Crippen LogP contribution in [0.25, 0.3) is 0 Å². The molecule has 0 amide bonds. The molecule has 1 aromatic rings. The standard InChI is InChI=1S/C16H24N2S/c1-18(15-7-8-19-11-15)16(10-17)14-4-2-3-13(9-14)12-5-6-12/h2-4,9,12,15-16H,5-8,10-11,17H2,1H3. The minimum Gasteiger partial charge on any atom is -0.329 e. The lowest BCUT2D eigenvalue weighted by atomic mass is 9.99. The molecule has 1 heterocycles. The Labute approximate surface area is 120 Å². The molecule has 3 heteroatoms. The topological polar surface area (TPSA) is 29.3 Å². The van der Waals surface area contributed by atoms with Crippen LogP contribution in [0.4, 0.5) is 0 Å². The minimum absolute atomic E-state index is 0.377. The summed E-state index contributed by atoms with van der Waals surface area (Å²) >= 11 is 2.07. The molecule has 2 N–H and O–H groups in total. The molecule has 19 heavy (non-hydrogen) atoms. The number of likely N-dealkylation sites (N-methyl/N-ethyl adjacent to an activating group) is 1. The van der Waals surface area contributed by atoms with Gasteiger partial charge >= 0.3 is 0 Å². The predicted octanol–water partition coefficient (Wildman–Crippen LogP) is 3.00. The van der Waals surface area contributed by atoms with Gasteiger partial charge < -0.3 is 5.73 Å². The van der Waals surface area contributed by atoms with Gasteiger partial charge in [0.05, 0.1) is 0 Å². The van der Waals surface area contributed by atoms with Crippen LogP contribution in [-0.4, -0.2) is 36.0 Å². The molecule has 104 valence electrons. The zero-order valence-corrected chi connectivity index (χ0v) is 12.5. The number of hydrogen-bond acceptors (Lipinski definition) is 3. The van der Waals surface area contributed by atoms with Crippen LogP contribution in [0, 0.1) is 0 Å². The number of thioether (sulfide) groups is 1. The summed E-state index contributed by atoms with van der Waals surface area (Å²) in [5.41, 5.74) is 8.99. The predicted molar refractivity (Wildman–Crippen MR) is 83.7 cm³/mol. The molecule has 3 rings (SSSR count). The van der Waals surface area contributed by atoms with E-state index in [4.69, 9.17) is 5.73 Å². The quantitative estimate of drug-likeness (QED) is 0.896. The lowest BCUT2D eigenvalue weighted by Crippen LogP contribution is -2.38. The SMILES string of the molecule is CN(C1CCSC1)C(CN)c1cccc(C2CC2)c1. The smallest absolute Gasteiger partial charge is 0.0470 e. The molecule has 1 aliphatic heterocycles. The molecule has 1 aromatic carbocycles. The Kier molecular flexibility index (Phi) is 4.15. The summed E-state index contributed by atoms with van der Waals surface area (Å²) in [6, 6.07) is 10.2. The van der Waals surface area contributed by atoms with Crippen molar-refractivity contribution in [3.05, 3.63) is 35.4 Å². The second-order valence-electron chi connectivity index (χ2n) is 5.88. The summed E-state index contributed by atoms with van der Waals surface area (Å²) in [6.45, 7) is 0.714. The maximum atomic E-state index is 6.07. The summed E-state index contributed by atoms with van der Waals surface area (Å²) in [4.78, 5) is 2.51. The summed E-state index contributed by atoms with van der Waals surface area (Å²) < 4.78 is 0. The number of nitrogens with zero attached hydrogens (tertiary/aromatic N) is 1. The third-order valence-electron chi connectivity index (χ3n) is 4.54. The molecule has 1 aliphatic carbocycles. The van der Waals surface area contributed by atoms with Crippen LogP contribution in [0.5, 0.6) is 0 Å². The average molecular weight is 276 g/mol. The van der Waals surface area contributed by atoms with E-state index in [0.717, 1.165) is 5.92 Å². The van der Waals surface area contributed by atoms with Crippen molar-refractivity contribution in [1.82, 2.24) is 4.90 Å². The Morgan fingerprint density at radius 1 is 1.37 bits per heavy atom. The van der Waals surface area contributed by atoms with Gasteiger partial charge in [-0.15, -0.1) is 0 Å². The molecule has 2 fully saturated rings. The molecule has 2 atom stereocenters. The van der Waals surface area contributed by atoms with E-state index in [1.165, 1.54) is 41.9 Å². The van der Waals surface area contributed by atoms with Crippen LogP contribution >= 0.6 is 11.8 Å². The van der Waals surface area contributed by atoms with Crippen molar-refractivity contribution in [3.8, 4) is 0 Å². The molecule has 0 aromatic heterocycles. The van der Waals surface area contributed by atoms with E-state index >= 15 is 0 Å². The summed E-state index contributed by atoms with van der Waals surface area (Å²) in [5, 5.41) is 0. The van der Waals surface area contributed by atoms with Crippen molar-refractivity contribution in [3.63, 3.8) is 0 Å². The van der Waals surface area contributed by atoms with Gasteiger partial charge in [-0.25, -0.2) is 0 Å². The molecule has 2 unspecified atom stereocenters. The highest BCUT2D eigenvalue weighted by atomic mass is 32.2. The van der Waals surface area contributed by atoms with Gasteiger partial charge in [0.25, 0.3) is 0 Å². The van der Waals surface area contributed by atoms with Crippen LogP contribution in [0.1, 0.15) is 42.3 Å². The van der Waals surface area contributed by atoms with Crippen LogP contribution in [0.3, 0.4) is 0 Å². The fourth-order valence-electron chi connectivity index (χ4n) is 3.07. The zero-order valence-electron chi connectivity index (χ0n) is 11.7. The normalized spacial score (nSPS) is 24.9. The maximum Gasteiger partial charge on any atom is 0.0470 e. The zero-order chi connectivity index (χ0) is 13.2. The molecule has 1 saturated carbocycles. The highest BCUT2D eigenvalue weighted by Gasteiger charge is 2.28. The van der Waals surface area contributed by atoms with Crippen molar-refractivity contribution in [2.45, 2.75) is 37.3 Å². The molecule has 1 saturated heterocycles.